The molecule has 2 N–H and O–H groups in total. The standard InChI is InChI=1S/C17H25BClNO3/c1-11-7-14(19)9-12(15(11)21)8-13(10-20-6)18-22-16(2,3)17(4,5)23-18/h7-9,20-21H,10H2,1-6H3. The van der Waals surface area contributed by atoms with Crippen LogP contribution in [0.3, 0.4) is 0 Å². The number of aromatic hydroxyl groups is 1. The predicted molar refractivity (Wildman–Crippen MR) is 95.8 cm³/mol. The van der Waals surface area contributed by atoms with E-state index < -0.39 is 18.3 Å². The maximum Gasteiger partial charge on any atom is 0.491 e. The molecule has 1 aromatic carbocycles. The highest BCUT2D eigenvalue weighted by atomic mass is 35.5. The molecule has 0 bridgehead atoms. The number of phenols is 1. The smallest absolute Gasteiger partial charge is 0.491 e. The lowest BCUT2D eigenvalue weighted by Crippen LogP contribution is -2.41. The van der Waals surface area contributed by atoms with Gasteiger partial charge in [0.2, 0.25) is 0 Å². The van der Waals surface area contributed by atoms with Gasteiger partial charge in [-0.2, -0.15) is 0 Å². The molecule has 0 atom stereocenters. The van der Waals surface area contributed by atoms with Gasteiger partial charge < -0.3 is 19.7 Å². The Balaban J connectivity index is 2.40. The van der Waals surface area contributed by atoms with E-state index in [1.165, 1.54) is 0 Å². The summed E-state index contributed by atoms with van der Waals surface area (Å²) in [4.78, 5) is 0. The van der Waals surface area contributed by atoms with E-state index in [0.29, 0.717) is 17.1 Å². The van der Waals surface area contributed by atoms with Crippen LogP contribution in [0.1, 0.15) is 38.8 Å². The highest BCUT2D eigenvalue weighted by Gasteiger charge is 2.52. The molecule has 0 saturated carbocycles. The second kappa shape index (κ2) is 6.48. The molecule has 0 spiro atoms. The van der Waals surface area contributed by atoms with Gasteiger partial charge in [-0.25, -0.2) is 0 Å². The van der Waals surface area contributed by atoms with Crippen LogP contribution in [0.15, 0.2) is 17.6 Å². The number of hydrogen-bond acceptors (Lipinski definition) is 4. The molecule has 1 fully saturated rings. The monoisotopic (exact) mass is 337 g/mol. The van der Waals surface area contributed by atoms with Gasteiger partial charge in [-0.15, -0.1) is 0 Å². The first kappa shape index (κ1) is 18.3. The van der Waals surface area contributed by atoms with Crippen molar-refractivity contribution in [3.8, 4) is 5.75 Å². The lowest BCUT2D eigenvalue weighted by atomic mass is 9.77. The first-order valence-electron chi connectivity index (χ1n) is 7.77. The number of likely N-dealkylation sites (N-methyl/N-ethyl adjacent to an activating group) is 1. The zero-order chi connectivity index (χ0) is 17.4. The quantitative estimate of drug-likeness (QED) is 0.824. The molecule has 1 saturated heterocycles. The van der Waals surface area contributed by atoms with Crippen molar-refractivity contribution in [1.29, 1.82) is 0 Å². The Morgan fingerprint density at radius 1 is 1.26 bits per heavy atom. The zero-order valence-corrected chi connectivity index (χ0v) is 15.4. The molecule has 0 amide bonds. The van der Waals surface area contributed by atoms with Crippen LogP contribution < -0.4 is 5.32 Å². The van der Waals surface area contributed by atoms with Crippen LogP contribution in [-0.2, 0) is 9.31 Å². The maximum absolute atomic E-state index is 10.3. The Kier molecular flexibility index (Phi) is 5.16. The van der Waals surface area contributed by atoms with Crippen LogP contribution >= 0.6 is 11.6 Å². The molecule has 0 aliphatic carbocycles. The summed E-state index contributed by atoms with van der Waals surface area (Å²) in [5.74, 6) is 0.222. The highest BCUT2D eigenvalue weighted by Crippen LogP contribution is 2.39. The Morgan fingerprint density at radius 3 is 2.35 bits per heavy atom. The third-order valence-electron chi connectivity index (χ3n) is 4.57. The molecule has 6 heteroatoms. The molecule has 2 rings (SSSR count). The lowest BCUT2D eigenvalue weighted by Gasteiger charge is -2.32. The Bertz CT molecular complexity index is 613. The fourth-order valence-electron chi connectivity index (χ4n) is 2.47. The van der Waals surface area contributed by atoms with E-state index in [9.17, 15) is 5.11 Å². The van der Waals surface area contributed by atoms with Crippen molar-refractivity contribution in [3.05, 3.63) is 33.8 Å². The number of nitrogens with one attached hydrogen (secondary N) is 1. The van der Waals surface area contributed by atoms with E-state index in [1.807, 2.05) is 47.7 Å². The van der Waals surface area contributed by atoms with Crippen LogP contribution in [0.2, 0.25) is 5.02 Å². The van der Waals surface area contributed by atoms with Crippen LogP contribution in [0, 0.1) is 6.92 Å². The summed E-state index contributed by atoms with van der Waals surface area (Å²) in [5.41, 5.74) is 1.49. The van der Waals surface area contributed by atoms with E-state index in [1.54, 1.807) is 12.1 Å². The van der Waals surface area contributed by atoms with Gasteiger partial charge in [-0.1, -0.05) is 17.7 Å². The number of halogens is 1. The molecule has 126 valence electrons. The highest BCUT2D eigenvalue weighted by molar-refractivity contribution is 6.56. The van der Waals surface area contributed by atoms with Crippen molar-refractivity contribution >= 4 is 24.8 Å². The van der Waals surface area contributed by atoms with Crippen LogP contribution in [0.5, 0.6) is 5.75 Å². The minimum Gasteiger partial charge on any atom is -0.507 e. The molecule has 4 nitrogen and oxygen atoms in total. The third kappa shape index (κ3) is 3.74. The molecule has 1 aromatic rings. The molecular formula is C17H25BClNO3. The number of phenolic OH excluding ortho intramolecular Hbond substituents is 1. The van der Waals surface area contributed by atoms with Gasteiger partial charge in [0.25, 0.3) is 0 Å². The summed E-state index contributed by atoms with van der Waals surface area (Å²) in [6, 6.07) is 3.48. The minimum atomic E-state index is -0.467. The summed E-state index contributed by atoms with van der Waals surface area (Å²) in [7, 11) is 1.40. The van der Waals surface area contributed by atoms with Crippen molar-refractivity contribution in [2.45, 2.75) is 45.8 Å². The van der Waals surface area contributed by atoms with Crippen LogP contribution in [0.4, 0.5) is 0 Å². The predicted octanol–water partition coefficient (Wildman–Crippen LogP) is 3.59. The second-order valence-electron chi connectivity index (χ2n) is 7.00. The molecule has 0 radical (unpaired) electrons. The summed E-state index contributed by atoms with van der Waals surface area (Å²) in [5, 5.41) is 14.0. The summed E-state index contributed by atoms with van der Waals surface area (Å²) >= 11 is 6.11. The number of rotatable bonds is 4. The number of benzene rings is 1. The van der Waals surface area contributed by atoms with E-state index in [2.05, 4.69) is 5.32 Å². The molecule has 1 aliphatic heterocycles. The van der Waals surface area contributed by atoms with Crippen molar-refractivity contribution in [3.63, 3.8) is 0 Å². The fraction of sp³-hybridized carbons (Fsp3) is 0.529. The van der Waals surface area contributed by atoms with Gasteiger partial charge in [0, 0.05) is 17.1 Å². The largest absolute Gasteiger partial charge is 0.507 e. The van der Waals surface area contributed by atoms with Crippen LogP contribution in [-0.4, -0.2) is 37.0 Å². The average Bonchev–Trinajstić information content (AvgIpc) is 2.63. The van der Waals surface area contributed by atoms with Crippen molar-refractivity contribution in [1.82, 2.24) is 5.32 Å². The van der Waals surface area contributed by atoms with E-state index >= 15 is 0 Å². The topological polar surface area (TPSA) is 50.7 Å². The van der Waals surface area contributed by atoms with Gasteiger partial charge in [0.05, 0.1) is 11.2 Å². The van der Waals surface area contributed by atoms with Crippen molar-refractivity contribution in [2.75, 3.05) is 13.6 Å². The Morgan fingerprint density at radius 2 is 1.83 bits per heavy atom. The maximum atomic E-state index is 10.3. The van der Waals surface area contributed by atoms with Gasteiger partial charge >= 0.3 is 7.12 Å². The molecule has 1 heterocycles. The zero-order valence-electron chi connectivity index (χ0n) is 14.7. The Labute approximate surface area is 144 Å². The lowest BCUT2D eigenvalue weighted by molar-refractivity contribution is 0.00578. The van der Waals surface area contributed by atoms with E-state index in [0.717, 1.165) is 11.0 Å². The van der Waals surface area contributed by atoms with Gasteiger partial charge in [0.15, 0.2) is 0 Å². The van der Waals surface area contributed by atoms with Gasteiger partial charge in [-0.3, -0.25) is 0 Å². The summed E-state index contributed by atoms with van der Waals surface area (Å²) < 4.78 is 12.2. The van der Waals surface area contributed by atoms with Crippen molar-refractivity contribution < 1.29 is 14.4 Å². The third-order valence-corrected chi connectivity index (χ3v) is 4.79. The summed E-state index contributed by atoms with van der Waals surface area (Å²) in [6.07, 6.45) is 1.88. The summed E-state index contributed by atoms with van der Waals surface area (Å²) in [6.45, 7) is 10.5. The van der Waals surface area contributed by atoms with E-state index in [4.69, 9.17) is 20.9 Å². The normalized spacial score (nSPS) is 20.1. The minimum absolute atomic E-state index is 0.222. The number of aryl methyl sites for hydroxylation is 1. The van der Waals surface area contributed by atoms with Gasteiger partial charge in [0.1, 0.15) is 5.75 Å². The molecule has 0 unspecified atom stereocenters. The Hall–Kier alpha value is -1.01. The first-order valence-corrected chi connectivity index (χ1v) is 8.15. The van der Waals surface area contributed by atoms with Crippen molar-refractivity contribution in [2.24, 2.45) is 0 Å². The SMILES string of the molecule is CNCC(=Cc1cc(Cl)cc(C)c1O)B1OC(C)(C)C(C)(C)O1. The van der Waals surface area contributed by atoms with Gasteiger partial charge in [-0.05, 0) is 64.8 Å². The average molecular weight is 338 g/mol. The van der Waals surface area contributed by atoms with Crippen LogP contribution in [0.25, 0.3) is 6.08 Å². The second-order valence-corrected chi connectivity index (χ2v) is 7.43. The first-order chi connectivity index (χ1) is 10.6. The fourth-order valence-corrected chi connectivity index (χ4v) is 2.75. The van der Waals surface area contributed by atoms with E-state index in [-0.39, 0.29) is 5.75 Å². The molecule has 0 aromatic heterocycles. The molecular weight excluding hydrogens is 312 g/mol. The number of hydrogen-bond donors (Lipinski definition) is 2. The molecule has 1 aliphatic rings. The molecule has 23 heavy (non-hydrogen) atoms.